The summed E-state index contributed by atoms with van der Waals surface area (Å²) in [7, 11) is 3.14. The van der Waals surface area contributed by atoms with E-state index < -0.39 is 5.97 Å². The average Bonchev–Trinajstić information content (AvgIpc) is 3.27. The molecule has 1 heterocycles. The van der Waals surface area contributed by atoms with E-state index in [4.69, 9.17) is 14.2 Å². The summed E-state index contributed by atoms with van der Waals surface area (Å²) in [5, 5.41) is 3.48. The number of amides is 1. The number of benzene rings is 3. The summed E-state index contributed by atoms with van der Waals surface area (Å²) in [4.78, 5) is 30.0. The van der Waals surface area contributed by atoms with E-state index in [0.29, 0.717) is 44.1 Å². The number of nitrogens with one attached hydrogen (secondary N) is 1. The number of hydrogen-bond acceptors (Lipinski definition) is 7. The van der Waals surface area contributed by atoms with Gasteiger partial charge >= 0.3 is 5.97 Å². The number of carbonyl (C=O) groups is 2. The summed E-state index contributed by atoms with van der Waals surface area (Å²) < 4.78 is 16.2. The molecule has 4 aromatic rings. The number of anilines is 1. The van der Waals surface area contributed by atoms with Gasteiger partial charge in [-0.2, -0.15) is 0 Å². The van der Waals surface area contributed by atoms with Crippen LogP contribution in [-0.4, -0.2) is 31.1 Å². The molecule has 0 aliphatic carbocycles. The van der Waals surface area contributed by atoms with Crippen molar-refractivity contribution < 1.29 is 23.8 Å². The molecule has 1 N–H and O–H groups in total. The van der Waals surface area contributed by atoms with Gasteiger partial charge in [0.15, 0.2) is 11.5 Å². The van der Waals surface area contributed by atoms with Crippen LogP contribution in [0.4, 0.5) is 5.69 Å². The second kappa shape index (κ2) is 10.2. The highest BCUT2D eigenvalue weighted by molar-refractivity contribution is 7.17. The maximum Gasteiger partial charge on any atom is 0.355 e. The number of aryl methyl sites for hydroxylation is 1. The zero-order chi connectivity index (χ0) is 24.1. The van der Waals surface area contributed by atoms with Gasteiger partial charge < -0.3 is 19.5 Å². The maximum absolute atomic E-state index is 12.8. The highest BCUT2D eigenvalue weighted by Gasteiger charge is 2.19. The Hall–Kier alpha value is -4.17. The molecule has 0 saturated carbocycles. The second-order valence-electron chi connectivity index (χ2n) is 7.24. The van der Waals surface area contributed by atoms with Gasteiger partial charge in [-0.05, 0) is 61.5 Å². The van der Waals surface area contributed by atoms with Crippen LogP contribution in [0.15, 0.2) is 72.8 Å². The van der Waals surface area contributed by atoms with E-state index in [1.165, 1.54) is 11.3 Å². The third-order valence-electron chi connectivity index (χ3n) is 4.97. The van der Waals surface area contributed by atoms with Crippen LogP contribution < -0.4 is 19.5 Å². The number of esters is 1. The third-order valence-corrected chi connectivity index (χ3v) is 6.16. The number of aromatic nitrogens is 1. The molecule has 0 fully saturated rings. The largest absolute Gasteiger partial charge is 0.493 e. The van der Waals surface area contributed by atoms with Crippen molar-refractivity contribution in [2.45, 2.75) is 6.92 Å². The average molecular weight is 475 g/mol. The van der Waals surface area contributed by atoms with Crippen molar-refractivity contribution in [2.75, 3.05) is 19.5 Å². The standard InChI is InChI=1S/C26H22N2O5S/c1-16-23(34-25(27-16)18-9-14-21(31-2)22(15-18)32-3)26(30)33-20-12-10-19(11-13-20)28-24(29)17-7-5-4-6-8-17/h4-15H,1-3H3,(H,28,29). The number of carbonyl (C=O) groups excluding carboxylic acids is 2. The number of nitrogens with zero attached hydrogens (tertiary/aromatic N) is 1. The van der Waals surface area contributed by atoms with Gasteiger partial charge in [0.1, 0.15) is 15.6 Å². The molecule has 0 aliphatic heterocycles. The molecule has 0 bridgehead atoms. The zero-order valence-electron chi connectivity index (χ0n) is 18.8. The fourth-order valence-corrected chi connectivity index (χ4v) is 4.17. The molecule has 0 atom stereocenters. The van der Waals surface area contributed by atoms with E-state index >= 15 is 0 Å². The van der Waals surface area contributed by atoms with Gasteiger partial charge in [0.2, 0.25) is 0 Å². The Morgan fingerprint density at radius 2 is 1.59 bits per heavy atom. The van der Waals surface area contributed by atoms with Gasteiger partial charge in [-0.3, -0.25) is 4.79 Å². The number of methoxy groups -OCH3 is 2. The highest BCUT2D eigenvalue weighted by Crippen LogP contribution is 2.35. The fourth-order valence-electron chi connectivity index (χ4n) is 3.23. The molecule has 0 spiro atoms. The van der Waals surface area contributed by atoms with Crippen molar-refractivity contribution in [1.82, 2.24) is 4.98 Å². The van der Waals surface area contributed by atoms with Gasteiger partial charge in [-0.25, -0.2) is 9.78 Å². The minimum atomic E-state index is -0.497. The maximum atomic E-state index is 12.8. The molecule has 3 aromatic carbocycles. The molecule has 1 aromatic heterocycles. The van der Waals surface area contributed by atoms with E-state index in [-0.39, 0.29) is 5.91 Å². The first-order valence-electron chi connectivity index (χ1n) is 10.4. The molecule has 0 saturated heterocycles. The number of thiazole rings is 1. The molecule has 34 heavy (non-hydrogen) atoms. The van der Waals surface area contributed by atoms with Gasteiger partial charge in [0, 0.05) is 16.8 Å². The van der Waals surface area contributed by atoms with Crippen LogP contribution >= 0.6 is 11.3 Å². The number of hydrogen-bond donors (Lipinski definition) is 1. The van der Waals surface area contributed by atoms with E-state index in [9.17, 15) is 9.59 Å². The number of ether oxygens (including phenoxy) is 3. The highest BCUT2D eigenvalue weighted by atomic mass is 32.1. The quantitative estimate of drug-likeness (QED) is 0.277. The van der Waals surface area contributed by atoms with Crippen molar-refractivity contribution in [2.24, 2.45) is 0 Å². The van der Waals surface area contributed by atoms with Crippen LogP contribution in [0.25, 0.3) is 10.6 Å². The minimum Gasteiger partial charge on any atom is -0.493 e. The zero-order valence-corrected chi connectivity index (χ0v) is 19.6. The lowest BCUT2D eigenvalue weighted by molar-refractivity contribution is 0.0738. The summed E-state index contributed by atoms with van der Waals surface area (Å²) in [6, 6.07) is 21.0. The molecule has 0 radical (unpaired) electrons. The first-order valence-corrected chi connectivity index (χ1v) is 11.2. The lowest BCUT2D eigenvalue weighted by Gasteiger charge is -2.08. The summed E-state index contributed by atoms with van der Waals surface area (Å²) in [5.74, 6) is 0.846. The molecule has 0 aliphatic rings. The van der Waals surface area contributed by atoms with Crippen molar-refractivity contribution in [3.05, 3.63) is 88.9 Å². The van der Waals surface area contributed by atoms with E-state index in [2.05, 4.69) is 10.3 Å². The lowest BCUT2D eigenvalue weighted by atomic mass is 10.2. The Balaban J connectivity index is 1.45. The topological polar surface area (TPSA) is 86.8 Å². The van der Waals surface area contributed by atoms with E-state index in [1.807, 2.05) is 18.2 Å². The van der Waals surface area contributed by atoms with Crippen LogP contribution in [0.2, 0.25) is 0 Å². The molecule has 7 nitrogen and oxygen atoms in total. The van der Waals surface area contributed by atoms with E-state index in [1.54, 1.807) is 75.7 Å². The Morgan fingerprint density at radius 1 is 0.882 bits per heavy atom. The first kappa shape index (κ1) is 23.0. The predicted molar refractivity (Wildman–Crippen MR) is 131 cm³/mol. The molecule has 1 amide bonds. The molecular formula is C26H22N2O5S. The molecule has 8 heteroatoms. The summed E-state index contributed by atoms with van der Waals surface area (Å²) in [6.45, 7) is 1.76. The number of rotatable bonds is 7. The molecule has 0 unspecified atom stereocenters. The second-order valence-corrected chi connectivity index (χ2v) is 8.24. The van der Waals surface area contributed by atoms with Gasteiger partial charge in [-0.15, -0.1) is 11.3 Å². The minimum absolute atomic E-state index is 0.215. The van der Waals surface area contributed by atoms with Crippen LogP contribution in [0.1, 0.15) is 25.7 Å². The molecular weight excluding hydrogens is 452 g/mol. The molecule has 4 rings (SSSR count). The Labute approximate surface area is 201 Å². The lowest BCUT2D eigenvalue weighted by Crippen LogP contribution is -2.12. The fraction of sp³-hybridized carbons (Fsp3) is 0.115. The van der Waals surface area contributed by atoms with Gasteiger partial charge in [0.05, 0.1) is 19.9 Å². The molecule has 172 valence electrons. The summed E-state index contributed by atoms with van der Waals surface area (Å²) in [5.41, 5.74) is 2.54. The smallest absolute Gasteiger partial charge is 0.355 e. The van der Waals surface area contributed by atoms with Crippen LogP contribution in [0.5, 0.6) is 17.2 Å². The summed E-state index contributed by atoms with van der Waals surface area (Å²) in [6.07, 6.45) is 0. The first-order chi connectivity index (χ1) is 16.5. The van der Waals surface area contributed by atoms with Crippen LogP contribution in [0, 0.1) is 6.92 Å². The normalized spacial score (nSPS) is 10.4. The Kier molecular flexibility index (Phi) is 6.89. The van der Waals surface area contributed by atoms with Crippen molar-refractivity contribution in [3.8, 4) is 27.8 Å². The van der Waals surface area contributed by atoms with Gasteiger partial charge in [-0.1, -0.05) is 18.2 Å². The van der Waals surface area contributed by atoms with Crippen molar-refractivity contribution >= 4 is 28.9 Å². The van der Waals surface area contributed by atoms with Crippen LogP contribution in [-0.2, 0) is 0 Å². The van der Waals surface area contributed by atoms with Gasteiger partial charge in [0.25, 0.3) is 5.91 Å². The summed E-state index contributed by atoms with van der Waals surface area (Å²) >= 11 is 1.24. The Bertz CT molecular complexity index is 1320. The monoisotopic (exact) mass is 474 g/mol. The SMILES string of the molecule is COc1ccc(-c2nc(C)c(C(=O)Oc3ccc(NC(=O)c4ccccc4)cc3)s2)cc1OC. The van der Waals surface area contributed by atoms with Crippen LogP contribution in [0.3, 0.4) is 0 Å². The third kappa shape index (κ3) is 5.07. The van der Waals surface area contributed by atoms with Crippen molar-refractivity contribution in [3.63, 3.8) is 0 Å². The Morgan fingerprint density at radius 3 is 2.26 bits per heavy atom. The predicted octanol–water partition coefficient (Wildman–Crippen LogP) is 5.61. The van der Waals surface area contributed by atoms with E-state index in [0.717, 1.165) is 5.56 Å². The van der Waals surface area contributed by atoms with Crippen molar-refractivity contribution in [1.29, 1.82) is 0 Å².